The number of hydrogen-bond donors (Lipinski definition) is 0. The van der Waals surface area contributed by atoms with Crippen LogP contribution in [0, 0.1) is 17.9 Å². The third kappa shape index (κ3) is 3.03. The molecule has 0 atom stereocenters. The van der Waals surface area contributed by atoms with E-state index >= 15 is 0 Å². The van der Waals surface area contributed by atoms with Crippen molar-refractivity contribution in [2.75, 3.05) is 0 Å². The lowest BCUT2D eigenvalue weighted by Gasteiger charge is -2.11. The van der Waals surface area contributed by atoms with Crippen LogP contribution in [-0.2, 0) is 0 Å². The summed E-state index contributed by atoms with van der Waals surface area (Å²) in [4.78, 5) is 3.91. The molecule has 0 unspecified atom stereocenters. The van der Waals surface area contributed by atoms with Gasteiger partial charge in [0.05, 0.1) is 51.0 Å². The monoisotopic (exact) mass is 548 g/mol. The van der Waals surface area contributed by atoms with Crippen molar-refractivity contribution in [2.45, 2.75) is 0 Å². The fraction of sp³-hybridized carbons (Fsp3) is 0. The number of hydrogen-bond acceptors (Lipinski definition) is 2. The predicted molar refractivity (Wildman–Crippen MR) is 173 cm³/mol. The van der Waals surface area contributed by atoms with Crippen molar-refractivity contribution in [3.63, 3.8) is 0 Å². The molecule has 0 spiro atoms. The van der Waals surface area contributed by atoms with Crippen molar-refractivity contribution in [2.24, 2.45) is 0 Å². The van der Waals surface area contributed by atoms with Gasteiger partial charge in [-0.3, -0.25) is 0 Å². The molecule has 3 aromatic heterocycles. The summed E-state index contributed by atoms with van der Waals surface area (Å²) in [5, 5.41) is 16.3. The molecule has 198 valence electrons. The Hall–Kier alpha value is -6.30. The summed E-state index contributed by atoms with van der Waals surface area (Å²) < 4.78 is 11.1. The average Bonchev–Trinajstić information content (AvgIpc) is 3.72. The molecule has 0 aliphatic rings. The van der Waals surface area contributed by atoms with E-state index in [-0.39, 0.29) is 0 Å². The lowest BCUT2D eigenvalue weighted by molar-refractivity contribution is 0.666. The van der Waals surface area contributed by atoms with Crippen molar-refractivity contribution >= 4 is 71.2 Å². The second-order valence-corrected chi connectivity index (χ2v) is 10.7. The highest BCUT2D eigenvalue weighted by molar-refractivity contribution is 6.18. The van der Waals surface area contributed by atoms with Crippen molar-refractivity contribution in [3.05, 3.63) is 138 Å². The molecule has 0 amide bonds. The Morgan fingerprint density at radius 2 is 1.16 bits per heavy atom. The first-order valence-corrected chi connectivity index (χ1v) is 14.1. The van der Waals surface area contributed by atoms with Crippen LogP contribution in [0.1, 0.15) is 5.56 Å². The molecule has 0 aliphatic carbocycles. The van der Waals surface area contributed by atoms with E-state index in [0.29, 0.717) is 11.3 Å². The largest absolute Gasteiger partial charge is 0.454 e. The van der Waals surface area contributed by atoms with Gasteiger partial charge < -0.3 is 13.6 Å². The molecule has 3 heterocycles. The number of nitriles is 1. The number of benzene rings is 6. The Morgan fingerprint density at radius 3 is 1.91 bits per heavy atom. The van der Waals surface area contributed by atoms with E-state index in [1.165, 1.54) is 0 Å². The number of furan rings is 1. The van der Waals surface area contributed by atoms with Gasteiger partial charge in [0.2, 0.25) is 5.69 Å². The minimum Gasteiger partial charge on any atom is -0.454 e. The van der Waals surface area contributed by atoms with E-state index in [1.54, 1.807) is 0 Å². The van der Waals surface area contributed by atoms with Crippen molar-refractivity contribution in [1.82, 2.24) is 9.13 Å². The molecular formula is C38H20N4O. The zero-order valence-electron chi connectivity index (χ0n) is 22.7. The van der Waals surface area contributed by atoms with Gasteiger partial charge in [-0.15, -0.1) is 0 Å². The van der Waals surface area contributed by atoms with E-state index < -0.39 is 0 Å². The highest BCUT2D eigenvalue weighted by atomic mass is 16.3. The highest BCUT2D eigenvalue weighted by Crippen LogP contribution is 2.43. The van der Waals surface area contributed by atoms with Crippen LogP contribution in [0.4, 0.5) is 5.69 Å². The summed E-state index contributed by atoms with van der Waals surface area (Å²) in [6.07, 6.45) is 0. The first-order valence-electron chi connectivity index (χ1n) is 14.1. The van der Waals surface area contributed by atoms with Gasteiger partial charge in [0.25, 0.3) is 0 Å². The second kappa shape index (κ2) is 8.60. The van der Waals surface area contributed by atoms with Gasteiger partial charge in [0, 0.05) is 21.5 Å². The van der Waals surface area contributed by atoms with Crippen LogP contribution in [0.5, 0.6) is 0 Å². The molecule has 6 aromatic carbocycles. The van der Waals surface area contributed by atoms with Gasteiger partial charge in [-0.05, 0) is 41.8 Å². The molecule has 0 N–H and O–H groups in total. The third-order valence-corrected chi connectivity index (χ3v) is 8.57. The van der Waals surface area contributed by atoms with E-state index in [2.05, 4.69) is 80.7 Å². The van der Waals surface area contributed by atoms with Crippen molar-refractivity contribution in [3.8, 4) is 17.4 Å². The maximum atomic E-state index is 10.1. The Kier molecular flexibility index (Phi) is 4.68. The molecule has 5 nitrogen and oxygen atoms in total. The van der Waals surface area contributed by atoms with Crippen LogP contribution in [0.15, 0.2) is 126 Å². The summed E-state index contributed by atoms with van der Waals surface area (Å²) in [6, 6.07) is 43.1. The minimum atomic E-state index is 0.605. The highest BCUT2D eigenvalue weighted by Gasteiger charge is 2.22. The summed E-state index contributed by atoms with van der Waals surface area (Å²) >= 11 is 0. The van der Waals surface area contributed by atoms with Gasteiger partial charge in [0.1, 0.15) is 11.7 Å². The standard InChI is InChI=1S/C38H20N4O/c1-40-29-16-7-14-27-25-12-3-4-17-30(25)41(37(27)29)32-19-9-21-34-35(32)28-15-8-20-33(38(28)43-34)42-31-18-5-2-11-24(31)26-13-6-10-23(22-39)36(26)42/h2-21H. The number of fused-ring (bicyclic) bond motifs is 9. The zero-order valence-corrected chi connectivity index (χ0v) is 22.7. The predicted octanol–water partition coefficient (Wildman–Crippen LogP) is 10.2. The Balaban J connectivity index is 1.44. The van der Waals surface area contributed by atoms with Crippen LogP contribution in [0.25, 0.3) is 81.8 Å². The minimum absolute atomic E-state index is 0.605. The van der Waals surface area contributed by atoms with Crippen LogP contribution in [0.3, 0.4) is 0 Å². The van der Waals surface area contributed by atoms with E-state index in [1.807, 2.05) is 60.7 Å². The molecular weight excluding hydrogens is 528 g/mol. The Morgan fingerprint density at radius 1 is 0.581 bits per heavy atom. The van der Waals surface area contributed by atoms with Gasteiger partial charge in [-0.2, -0.15) is 5.26 Å². The topological polar surface area (TPSA) is 51.1 Å². The quantitative estimate of drug-likeness (QED) is 0.202. The summed E-state index contributed by atoms with van der Waals surface area (Å²) in [5.74, 6) is 0. The zero-order chi connectivity index (χ0) is 28.7. The van der Waals surface area contributed by atoms with Crippen molar-refractivity contribution in [1.29, 1.82) is 5.26 Å². The van der Waals surface area contributed by atoms with Gasteiger partial charge in [-0.1, -0.05) is 84.9 Å². The van der Waals surface area contributed by atoms with Crippen LogP contribution < -0.4 is 0 Å². The summed E-state index contributed by atoms with van der Waals surface area (Å²) in [7, 11) is 0. The fourth-order valence-corrected chi connectivity index (χ4v) is 6.88. The molecule has 9 rings (SSSR count). The number of para-hydroxylation sites is 5. The van der Waals surface area contributed by atoms with E-state index in [4.69, 9.17) is 11.0 Å². The smallest absolute Gasteiger partial charge is 0.211 e. The second-order valence-electron chi connectivity index (χ2n) is 10.7. The summed E-state index contributed by atoms with van der Waals surface area (Å²) in [5.41, 5.74) is 8.34. The average molecular weight is 549 g/mol. The number of rotatable bonds is 2. The number of nitrogens with zero attached hydrogens (tertiary/aromatic N) is 4. The number of aromatic nitrogens is 2. The molecule has 5 heteroatoms. The molecule has 0 aliphatic heterocycles. The first kappa shape index (κ1) is 23.4. The first-order chi connectivity index (χ1) is 21.3. The van der Waals surface area contributed by atoms with Gasteiger partial charge in [0.15, 0.2) is 5.58 Å². The summed E-state index contributed by atoms with van der Waals surface area (Å²) in [6.45, 7) is 7.96. The molecule has 9 aromatic rings. The maximum Gasteiger partial charge on any atom is 0.211 e. The Bertz CT molecular complexity index is 2710. The van der Waals surface area contributed by atoms with Crippen molar-refractivity contribution < 1.29 is 4.42 Å². The van der Waals surface area contributed by atoms with E-state index in [0.717, 1.165) is 76.9 Å². The van der Waals surface area contributed by atoms with Gasteiger partial charge >= 0.3 is 0 Å². The maximum absolute atomic E-state index is 10.1. The fourth-order valence-electron chi connectivity index (χ4n) is 6.88. The van der Waals surface area contributed by atoms with Gasteiger partial charge in [-0.25, -0.2) is 4.85 Å². The lowest BCUT2D eigenvalue weighted by Crippen LogP contribution is -1.96. The van der Waals surface area contributed by atoms with Crippen LogP contribution in [0.2, 0.25) is 0 Å². The molecule has 0 bridgehead atoms. The molecule has 0 fully saturated rings. The molecule has 0 saturated carbocycles. The van der Waals surface area contributed by atoms with Crippen LogP contribution >= 0.6 is 0 Å². The molecule has 0 saturated heterocycles. The molecule has 0 radical (unpaired) electrons. The normalized spacial score (nSPS) is 11.7. The van der Waals surface area contributed by atoms with Crippen LogP contribution in [-0.4, -0.2) is 9.13 Å². The molecule has 43 heavy (non-hydrogen) atoms. The Labute approximate surface area is 245 Å². The lowest BCUT2D eigenvalue weighted by atomic mass is 10.1. The SMILES string of the molecule is [C-]#[N+]c1cccc2c3ccccc3n(-c3cccc4oc5c(-n6c7ccccc7c7cccc(C#N)c76)cccc5c34)c12. The van der Waals surface area contributed by atoms with E-state index in [9.17, 15) is 5.26 Å². The third-order valence-electron chi connectivity index (χ3n) is 8.57.